The minimum absolute atomic E-state index is 0.188. The minimum Gasteiger partial charge on any atom is -0.350 e. The van der Waals surface area contributed by atoms with Crippen LogP contribution in [0.5, 0.6) is 0 Å². The Kier molecular flexibility index (Phi) is 6.07. The van der Waals surface area contributed by atoms with Gasteiger partial charge in [0.15, 0.2) is 0 Å². The van der Waals surface area contributed by atoms with Crippen LogP contribution in [0.2, 0.25) is 10.0 Å². The fourth-order valence-electron chi connectivity index (χ4n) is 2.42. The summed E-state index contributed by atoms with van der Waals surface area (Å²) >= 11 is 11.8. The van der Waals surface area contributed by atoms with Gasteiger partial charge in [0, 0.05) is 16.6 Å². The average Bonchev–Trinajstić information content (AvgIpc) is 2.73. The second-order valence-electron chi connectivity index (χ2n) is 6.07. The summed E-state index contributed by atoms with van der Waals surface area (Å²) < 4.78 is 0. The summed E-state index contributed by atoms with van der Waals surface area (Å²) in [5.41, 5.74) is 0.698. The summed E-state index contributed by atoms with van der Waals surface area (Å²) in [6, 6.07) is 3.86. The maximum atomic E-state index is 12.2. The first-order valence-corrected chi connectivity index (χ1v) is 8.36. The number of carbonyl (C=O) groups excluding carboxylic acids is 3. The maximum Gasteiger partial charge on any atom is 0.325 e. The summed E-state index contributed by atoms with van der Waals surface area (Å²) in [6.07, 6.45) is 0.545. The van der Waals surface area contributed by atoms with Crippen molar-refractivity contribution < 1.29 is 14.4 Å². The highest BCUT2D eigenvalue weighted by Crippen LogP contribution is 2.20. The van der Waals surface area contributed by atoms with Crippen LogP contribution in [-0.2, 0) is 16.1 Å². The van der Waals surface area contributed by atoms with Crippen LogP contribution in [0, 0.1) is 5.92 Å². The topological polar surface area (TPSA) is 78.5 Å². The van der Waals surface area contributed by atoms with Crippen molar-refractivity contribution in [3.8, 4) is 0 Å². The summed E-state index contributed by atoms with van der Waals surface area (Å²) in [4.78, 5) is 37.0. The van der Waals surface area contributed by atoms with E-state index in [1.54, 1.807) is 18.2 Å². The van der Waals surface area contributed by atoms with Crippen LogP contribution >= 0.6 is 23.2 Å². The van der Waals surface area contributed by atoms with Crippen molar-refractivity contribution in [1.82, 2.24) is 15.5 Å². The molecule has 0 aromatic heterocycles. The monoisotopic (exact) mass is 371 g/mol. The van der Waals surface area contributed by atoms with Gasteiger partial charge < -0.3 is 10.6 Å². The lowest BCUT2D eigenvalue weighted by molar-refractivity contribution is -0.132. The molecule has 1 aromatic carbocycles. The third-order valence-corrected chi connectivity index (χ3v) is 4.19. The Balaban J connectivity index is 1.90. The number of halogens is 2. The molecule has 1 fully saturated rings. The van der Waals surface area contributed by atoms with Crippen molar-refractivity contribution >= 4 is 41.0 Å². The Bertz CT molecular complexity index is 664. The van der Waals surface area contributed by atoms with E-state index in [9.17, 15) is 14.4 Å². The quantitative estimate of drug-likeness (QED) is 0.754. The molecule has 130 valence electrons. The van der Waals surface area contributed by atoms with Crippen LogP contribution in [-0.4, -0.2) is 35.3 Å². The molecule has 6 nitrogen and oxygen atoms in total. The first kappa shape index (κ1) is 18.5. The maximum absolute atomic E-state index is 12.2. The normalized spacial score (nSPS) is 17.4. The van der Waals surface area contributed by atoms with E-state index in [0.29, 0.717) is 22.0 Å². The highest BCUT2D eigenvalue weighted by molar-refractivity contribution is 6.35. The van der Waals surface area contributed by atoms with Crippen LogP contribution in [0.15, 0.2) is 18.2 Å². The van der Waals surface area contributed by atoms with Gasteiger partial charge in [-0.05, 0) is 30.0 Å². The molecule has 1 aromatic rings. The number of nitrogens with one attached hydrogen (secondary N) is 2. The molecule has 0 radical (unpaired) electrons. The second-order valence-corrected chi connectivity index (χ2v) is 6.91. The van der Waals surface area contributed by atoms with Gasteiger partial charge in [-0.2, -0.15) is 0 Å². The molecule has 2 N–H and O–H groups in total. The Labute approximate surface area is 150 Å². The summed E-state index contributed by atoms with van der Waals surface area (Å²) in [7, 11) is 0. The van der Waals surface area contributed by atoms with E-state index >= 15 is 0 Å². The number of imide groups is 1. The largest absolute Gasteiger partial charge is 0.350 e. The molecule has 1 aliphatic rings. The van der Waals surface area contributed by atoms with E-state index in [1.165, 1.54) is 0 Å². The van der Waals surface area contributed by atoms with E-state index < -0.39 is 18.0 Å². The van der Waals surface area contributed by atoms with Gasteiger partial charge in [0.05, 0.1) is 0 Å². The van der Waals surface area contributed by atoms with Crippen LogP contribution < -0.4 is 10.6 Å². The van der Waals surface area contributed by atoms with E-state index in [-0.39, 0.29) is 24.9 Å². The second kappa shape index (κ2) is 7.85. The smallest absolute Gasteiger partial charge is 0.325 e. The molecule has 4 amide bonds. The molecule has 1 heterocycles. The van der Waals surface area contributed by atoms with E-state index in [4.69, 9.17) is 23.2 Å². The lowest BCUT2D eigenvalue weighted by atomic mass is 10.0. The summed E-state index contributed by atoms with van der Waals surface area (Å²) in [5.74, 6) is -0.539. The van der Waals surface area contributed by atoms with Gasteiger partial charge in [-0.25, -0.2) is 4.79 Å². The molecule has 0 bridgehead atoms. The SMILES string of the molecule is CC(C)CC1NC(=O)N(CC(=O)NCc2ccc(Cl)cc2Cl)C1=O. The van der Waals surface area contributed by atoms with Gasteiger partial charge in [0.25, 0.3) is 5.91 Å². The zero-order valence-electron chi connectivity index (χ0n) is 13.4. The molecular weight excluding hydrogens is 353 g/mol. The van der Waals surface area contributed by atoms with Crippen LogP contribution in [0.4, 0.5) is 4.79 Å². The number of amides is 4. The fraction of sp³-hybridized carbons (Fsp3) is 0.438. The average molecular weight is 372 g/mol. The highest BCUT2D eigenvalue weighted by Gasteiger charge is 2.38. The predicted octanol–water partition coefficient (Wildman–Crippen LogP) is 2.58. The molecule has 1 aliphatic heterocycles. The lowest BCUT2D eigenvalue weighted by Gasteiger charge is -2.14. The van der Waals surface area contributed by atoms with Gasteiger partial charge in [-0.1, -0.05) is 43.1 Å². The van der Waals surface area contributed by atoms with Gasteiger partial charge in [-0.3, -0.25) is 14.5 Å². The van der Waals surface area contributed by atoms with Gasteiger partial charge >= 0.3 is 6.03 Å². The molecule has 0 saturated carbocycles. The molecule has 1 unspecified atom stereocenters. The van der Waals surface area contributed by atoms with Crippen molar-refractivity contribution in [2.75, 3.05) is 6.54 Å². The number of rotatable bonds is 6. The number of urea groups is 1. The Morgan fingerprint density at radius 3 is 2.67 bits per heavy atom. The molecule has 0 spiro atoms. The third-order valence-electron chi connectivity index (χ3n) is 3.61. The van der Waals surface area contributed by atoms with E-state index in [0.717, 1.165) is 4.90 Å². The Morgan fingerprint density at radius 1 is 1.33 bits per heavy atom. The summed E-state index contributed by atoms with van der Waals surface area (Å²) in [6.45, 7) is 3.80. The molecule has 2 rings (SSSR count). The van der Waals surface area contributed by atoms with E-state index in [1.807, 2.05) is 13.8 Å². The number of benzene rings is 1. The number of hydrogen-bond acceptors (Lipinski definition) is 3. The Hall–Kier alpha value is -1.79. The van der Waals surface area contributed by atoms with E-state index in [2.05, 4.69) is 10.6 Å². The Morgan fingerprint density at radius 2 is 2.04 bits per heavy atom. The molecule has 0 aliphatic carbocycles. The first-order chi connectivity index (χ1) is 11.3. The van der Waals surface area contributed by atoms with Crippen molar-refractivity contribution in [3.05, 3.63) is 33.8 Å². The van der Waals surface area contributed by atoms with Crippen molar-refractivity contribution in [3.63, 3.8) is 0 Å². The number of carbonyl (C=O) groups is 3. The predicted molar refractivity (Wildman–Crippen MR) is 91.8 cm³/mol. The van der Waals surface area contributed by atoms with Gasteiger partial charge in [0.1, 0.15) is 12.6 Å². The zero-order chi connectivity index (χ0) is 17.9. The lowest BCUT2D eigenvalue weighted by Crippen LogP contribution is -2.41. The van der Waals surface area contributed by atoms with Crippen LogP contribution in [0.3, 0.4) is 0 Å². The van der Waals surface area contributed by atoms with Crippen molar-refractivity contribution in [2.45, 2.75) is 32.9 Å². The van der Waals surface area contributed by atoms with Crippen LogP contribution in [0.25, 0.3) is 0 Å². The molecular formula is C16H19Cl2N3O3. The highest BCUT2D eigenvalue weighted by atomic mass is 35.5. The summed E-state index contributed by atoms with van der Waals surface area (Å²) in [5, 5.41) is 6.19. The molecule has 24 heavy (non-hydrogen) atoms. The van der Waals surface area contributed by atoms with Crippen LogP contribution in [0.1, 0.15) is 25.8 Å². The van der Waals surface area contributed by atoms with Gasteiger partial charge in [-0.15, -0.1) is 0 Å². The number of hydrogen-bond donors (Lipinski definition) is 2. The fourth-order valence-corrected chi connectivity index (χ4v) is 2.89. The third kappa shape index (κ3) is 4.61. The minimum atomic E-state index is -0.559. The van der Waals surface area contributed by atoms with Gasteiger partial charge in [0.2, 0.25) is 5.91 Å². The molecule has 1 atom stereocenters. The molecule has 1 saturated heterocycles. The zero-order valence-corrected chi connectivity index (χ0v) is 14.9. The van der Waals surface area contributed by atoms with Crippen molar-refractivity contribution in [2.24, 2.45) is 5.92 Å². The first-order valence-electron chi connectivity index (χ1n) is 7.60. The van der Waals surface area contributed by atoms with Crippen molar-refractivity contribution in [1.29, 1.82) is 0 Å². The standard InChI is InChI=1S/C16H19Cl2N3O3/c1-9(2)5-13-15(23)21(16(24)20-13)8-14(22)19-7-10-3-4-11(17)6-12(10)18/h3-4,6,9,13H,5,7-8H2,1-2H3,(H,19,22)(H,20,24). The molecule has 8 heteroatoms. The number of nitrogens with zero attached hydrogens (tertiary/aromatic N) is 1.